The summed E-state index contributed by atoms with van der Waals surface area (Å²) in [5, 5.41) is 8.66. The minimum atomic E-state index is -0.801. The van der Waals surface area contributed by atoms with Gasteiger partial charge >= 0.3 is 5.97 Å². The first-order chi connectivity index (χ1) is 10.6. The molecule has 3 nitrogen and oxygen atoms in total. The molecule has 2 aromatic rings. The van der Waals surface area contributed by atoms with Gasteiger partial charge in [-0.15, -0.1) is 0 Å². The number of hydrogen-bond donors (Lipinski definition) is 1. The fourth-order valence-corrected chi connectivity index (χ4v) is 2.04. The Hall–Kier alpha value is -2.86. The van der Waals surface area contributed by atoms with E-state index in [0.29, 0.717) is 17.5 Å². The highest BCUT2D eigenvalue weighted by Gasteiger charge is 2.03. The summed E-state index contributed by atoms with van der Waals surface area (Å²) in [7, 11) is 0. The standard InChI is InChI=1S/C19H16O3/c1-14(20)18-5-3-2-4-17(18)12-10-15-6-8-16(9-7-15)11-13-19(21)22/h2-9H,11,13H2,1H3,(H,21,22). The van der Waals surface area contributed by atoms with Crippen molar-refractivity contribution < 1.29 is 14.7 Å². The quantitative estimate of drug-likeness (QED) is 0.695. The van der Waals surface area contributed by atoms with E-state index in [-0.39, 0.29) is 12.2 Å². The van der Waals surface area contributed by atoms with Crippen molar-refractivity contribution in [3.05, 3.63) is 70.8 Å². The molecule has 0 aromatic heterocycles. The summed E-state index contributed by atoms with van der Waals surface area (Å²) in [4.78, 5) is 22.1. The third kappa shape index (κ3) is 4.32. The zero-order valence-electron chi connectivity index (χ0n) is 12.3. The maximum atomic E-state index is 11.5. The molecule has 0 radical (unpaired) electrons. The molecular formula is C19H16O3. The van der Waals surface area contributed by atoms with Gasteiger partial charge in [0.1, 0.15) is 0 Å². The summed E-state index contributed by atoms with van der Waals surface area (Å²) in [6, 6.07) is 14.7. The molecule has 0 atom stereocenters. The van der Waals surface area contributed by atoms with E-state index in [1.807, 2.05) is 42.5 Å². The molecule has 110 valence electrons. The zero-order chi connectivity index (χ0) is 15.9. The molecule has 0 bridgehead atoms. The van der Waals surface area contributed by atoms with Crippen LogP contribution in [0.5, 0.6) is 0 Å². The Morgan fingerprint density at radius 3 is 2.32 bits per heavy atom. The fraction of sp³-hybridized carbons (Fsp3) is 0.158. The number of aliphatic carboxylic acids is 1. The van der Waals surface area contributed by atoms with Crippen LogP contribution in [-0.2, 0) is 11.2 Å². The van der Waals surface area contributed by atoms with Crippen LogP contribution in [0.4, 0.5) is 0 Å². The molecule has 2 rings (SSSR count). The average molecular weight is 292 g/mol. The Bertz CT molecular complexity index is 746. The minimum Gasteiger partial charge on any atom is -0.481 e. The summed E-state index contributed by atoms with van der Waals surface area (Å²) in [6.07, 6.45) is 0.632. The number of carbonyl (C=O) groups is 2. The van der Waals surface area contributed by atoms with Crippen molar-refractivity contribution in [2.75, 3.05) is 0 Å². The molecule has 0 unspecified atom stereocenters. The van der Waals surface area contributed by atoms with Gasteiger partial charge < -0.3 is 5.11 Å². The monoisotopic (exact) mass is 292 g/mol. The highest BCUT2D eigenvalue weighted by molar-refractivity contribution is 5.96. The molecule has 0 amide bonds. The molecular weight excluding hydrogens is 276 g/mol. The second-order valence-corrected chi connectivity index (χ2v) is 4.94. The van der Waals surface area contributed by atoms with Crippen molar-refractivity contribution in [1.82, 2.24) is 0 Å². The van der Waals surface area contributed by atoms with Crippen molar-refractivity contribution in [2.45, 2.75) is 19.8 Å². The molecule has 0 aliphatic heterocycles. The number of carbonyl (C=O) groups excluding carboxylic acids is 1. The van der Waals surface area contributed by atoms with Crippen molar-refractivity contribution in [1.29, 1.82) is 0 Å². The van der Waals surface area contributed by atoms with Crippen LogP contribution in [0, 0.1) is 11.8 Å². The van der Waals surface area contributed by atoms with Gasteiger partial charge in [0.15, 0.2) is 5.78 Å². The van der Waals surface area contributed by atoms with Crippen LogP contribution in [0.3, 0.4) is 0 Å². The smallest absolute Gasteiger partial charge is 0.303 e. The van der Waals surface area contributed by atoms with Crippen molar-refractivity contribution in [2.24, 2.45) is 0 Å². The topological polar surface area (TPSA) is 54.4 Å². The van der Waals surface area contributed by atoms with Crippen molar-refractivity contribution in [3.63, 3.8) is 0 Å². The van der Waals surface area contributed by atoms with E-state index in [1.54, 1.807) is 6.07 Å². The van der Waals surface area contributed by atoms with Gasteiger partial charge in [-0.25, -0.2) is 0 Å². The van der Waals surface area contributed by atoms with Crippen LogP contribution in [0.1, 0.15) is 40.4 Å². The molecule has 0 heterocycles. The maximum absolute atomic E-state index is 11.5. The molecule has 0 spiro atoms. The summed E-state index contributed by atoms with van der Waals surface area (Å²) in [5.41, 5.74) is 3.13. The van der Waals surface area contributed by atoms with Crippen molar-refractivity contribution in [3.8, 4) is 11.8 Å². The SMILES string of the molecule is CC(=O)c1ccccc1C#Cc1ccc(CCC(=O)O)cc1. The van der Waals surface area contributed by atoms with E-state index in [1.165, 1.54) is 6.92 Å². The van der Waals surface area contributed by atoms with Crippen LogP contribution in [0.25, 0.3) is 0 Å². The molecule has 0 saturated heterocycles. The highest BCUT2D eigenvalue weighted by atomic mass is 16.4. The van der Waals surface area contributed by atoms with E-state index in [9.17, 15) is 9.59 Å². The third-order valence-corrected chi connectivity index (χ3v) is 3.23. The van der Waals surface area contributed by atoms with Gasteiger partial charge in [0.2, 0.25) is 0 Å². The summed E-state index contributed by atoms with van der Waals surface area (Å²) in [6.45, 7) is 1.53. The number of carboxylic acids is 1. The lowest BCUT2D eigenvalue weighted by Gasteiger charge is -2.00. The normalized spacial score (nSPS) is 9.68. The number of rotatable bonds is 4. The molecule has 22 heavy (non-hydrogen) atoms. The molecule has 0 saturated carbocycles. The maximum Gasteiger partial charge on any atom is 0.303 e. The second kappa shape index (κ2) is 7.24. The second-order valence-electron chi connectivity index (χ2n) is 4.94. The van der Waals surface area contributed by atoms with Crippen LogP contribution >= 0.6 is 0 Å². The van der Waals surface area contributed by atoms with Gasteiger partial charge in [0.05, 0.1) is 0 Å². The first kappa shape index (κ1) is 15.5. The van der Waals surface area contributed by atoms with Crippen LogP contribution in [0.15, 0.2) is 48.5 Å². The molecule has 0 fully saturated rings. The van der Waals surface area contributed by atoms with Gasteiger partial charge in [-0.05, 0) is 37.1 Å². The van der Waals surface area contributed by atoms with E-state index in [4.69, 9.17) is 5.11 Å². The first-order valence-electron chi connectivity index (χ1n) is 6.99. The number of carboxylic acid groups (broad SMARTS) is 1. The third-order valence-electron chi connectivity index (χ3n) is 3.23. The van der Waals surface area contributed by atoms with Gasteiger partial charge in [-0.2, -0.15) is 0 Å². The summed E-state index contributed by atoms with van der Waals surface area (Å²) < 4.78 is 0. The van der Waals surface area contributed by atoms with Crippen LogP contribution in [0.2, 0.25) is 0 Å². The Balaban J connectivity index is 2.15. The van der Waals surface area contributed by atoms with Crippen LogP contribution in [-0.4, -0.2) is 16.9 Å². The van der Waals surface area contributed by atoms with Gasteiger partial charge in [-0.3, -0.25) is 9.59 Å². The van der Waals surface area contributed by atoms with E-state index < -0.39 is 5.97 Å². The van der Waals surface area contributed by atoms with E-state index in [2.05, 4.69) is 11.8 Å². The Labute approximate surface area is 129 Å². The first-order valence-corrected chi connectivity index (χ1v) is 6.99. The van der Waals surface area contributed by atoms with E-state index in [0.717, 1.165) is 11.1 Å². The molecule has 2 aromatic carbocycles. The summed E-state index contributed by atoms with van der Waals surface area (Å²) >= 11 is 0. The number of Topliss-reactive ketones (excluding diaryl/α,β-unsaturated/α-hetero) is 1. The molecule has 0 aliphatic carbocycles. The molecule has 0 aliphatic rings. The van der Waals surface area contributed by atoms with Gasteiger partial charge in [0.25, 0.3) is 0 Å². The minimum absolute atomic E-state index is 0.00563. The van der Waals surface area contributed by atoms with Crippen LogP contribution < -0.4 is 0 Å². The van der Waals surface area contributed by atoms with Gasteiger partial charge in [-0.1, -0.05) is 42.2 Å². The predicted octanol–water partition coefficient (Wildman–Crippen LogP) is 3.31. The Morgan fingerprint density at radius 1 is 1.00 bits per heavy atom. The lowest BCUT2D eigenvalue weighted by Crippen LogP contribution is -1.97. The van der Waals surface area contributed by atoms with Gasteiger partial charge in [0, 0.05) is 23.1 Å². The Morgan fingerprint density at radius 2 is 1.68 bits per heavy atom. The number of aryl methyl sites for hydroxylation is 1. The lowest BCUT2D eigenvalue weighted by atomic mass is 10.0. The van der Waals surface area contributed by atoms with E-state index >= 15 is 0 Å². The summed E-state index contributed by atoms with van der Waals surface area (Å²) in [5.74, 6) is 5.24. The number of hydrogen-bond acceptors (Lipinski definition) is 2. The number of ketones is 1. The highest BCUT2D eigenvalue weighted by Crippen LogP contribution is 2.09. The molecule has 3 heteroatoms. The lowest BCUT2D eigenvalue weighted by molar-refractivity contribution is -0.136. The van der Waals surface area contributed by atoms with Crippen molar-refractivity contribution >= 4 is 11.8 Å². The largest absolute Gasteiger partial charge is 0.481 e. The Kier molecular flexibility index (Phi) is 5.11. The number of benzene rings is 2. The fourth-order valence-electron chi connectivity index (χ4n) is 2.04. The zero-order valence-corrected chi connectivity index (χ0v) is 12.3. The predicted molar refractivity (Wildman–Crippen MR) is 84.8 cm³/mol. The average Bonchev–Trinajstić information content (AvgIpc) is 2.52. The molecule has 1 N–H and O–H groups in total.